The van der Waals surface area contributed by atoms with Crippen molar-refractivity contribution in [1.29, 1.82) is 0 Å². The highest BCUT2D eigenvalue weighted by Crippen LogP contribution is 2.33. The molecule has 0 bridgehead atoms. The lowest BCUT2D eigenvalue weighted by Gasteiger charge is -2.37. The number of rotatable bonds is 9. The van der Waals surface area contributed by atoms with Crippen LogP contribution in [0.5, 0.6) is 0 Å². The number of hydrogen-bond acceptors (Lipinski definition) is 4. The lowest BCUT2D eigenvalue weighted by atomic mass is 9.74. The number of carbonyl (C=O) groups excluding carboxylic acids is 1. The number of fused-ring (bicyclic) bond motifs is 1. The van der Waals surface area contributed by atoms with Gasteiger partial charge in [0.05, 0.1) is 15.9 Å². The molecule has 1 aromatic heterocycles. The molecule has 1 amide bonds. The van der Waals surface area contributed by atoms with Gasteiger partial charge in [0.15, 0.2) is 0 Å². The highest BCUT2D eigenvalue weighted by atomic mass is 32.2. The van der Waals surface area contributed by atoms with E-state index in [-0.39, 0.29) is 16.8 Å². The second kappa shape index (κ2) is 10.6. The Labute approximate surface area is 199 Å². The number of aryl methyl sites for hydroxylation is 2. The van der Waals surface area contributed by atoms with Crippen LogP contribution < -0.4 is 5.32 Å². The second-order valence-corrected chi connectivity index (χ2v) is 11.8. The minimum absolute atomic E-state index is 0.0663. The molecule has 1 aromatic carbocycles. The van der Waals surface area contributed by atoms with E-state index in [1.807, 2.05) is 25.5 Å². The molecule has 1 aliphatic carbocycles. The molecule has 1 saturated carbocycles. The summed E-state index contributed by atoms with van der Waals surface area (Å²) in [5, 5.41) is 3.30. The molecular weight excluding hydrogens is 436 g/mol. The molecule has 1 heterocycles. The first kappa shape index (κ1) is 25.7. The Balaban J connectivity index is 1.72. The van der Waals surface area contributed by atoms with Crippen LogP contribution in [0.1, 0.15) is 66.1 Å². The third-order valence-corrected chi connectivity index (χ3v) is 9.28. The number of hydrogen-bond donors (Lipinski definition) is 1. The van der Waals surface area contributed by atoms with E-state index < -0.39 is 10.0 Å². The van der Waals surface area contributed by atoms with Crippen molar-refractivity contribution < 1.29 is 13.2 Å². The Kier molecular flexibility index (Phi) is 8.22. The third kappa shape index (κ3) is 5.60. The van der Waals surface area contributed by atoms with Gasteiger partial charge in [-0.25, -0.2) is 13.4 Å². The van der Waals surface area contributed by atoms with Crippen molar-refractivity contribution in [1.82, 2.24) is 19.2 Å². The van der Waals surface area contributed by atoms with Gasteiger partial charge in [-0.05, 0) is 48.8 Å². The SMILES string of the molecule is CCN(CC)S(=O)(=O)c1ccc2c(c1)nc(CCC(=O)NC1CC(C)CCC1C(C)C)n2C. The zero-order chi connectivity index (χ0) is 24.3. The van der Waals surface area contributed by atoms with Crippen LogP contribution in [-0.2, 0) is 28.3 Å². The molecule has 184 valence electrons. The normalized spacial score (nSPS) is 21.8. The first-order valence-corrected chi connectivity index (χ1v) is 13.8. The van der Waals surface area contributed by atoms with E-state index in [1.54, 1.807) is 18.2 Å². The number of amides is 1. The molecule has 1 N–H and O–H groups in total. The number of nitrogens with one attached hydrogen (secondary N) is 1. The zero-order valence-electron chi connectivity index (χ0n) is 21.0. The van der Waals surface area contributed by atoms with Crippen molar-refractivity contribution in [2.75, 3.05) is 13.1 Å². The molecule has 7 nitrogen and oxygen atoms in total. The van der Waals surface area contributed by atoms with Crippen molar-refractivity contribution in [2.24, 2.45) is 24.8 Å². The highest BCUT2D eigenvalue weighted by Gasteiger charge is 2.31. The van der Waals surface area contributed by atoms with Crippen molar-refractivity contribution in [3.05, 3.63) is 24.0 Å². The maximum Gasteiger partial charge on any atom is 0.243 e. The fourth-order valence-corrected chi connectivity index (χ4v) is 6.68. The van der Waals surface area contributed by atoms with Crippen molar-refractivity contribution in [3.63, 3.8) is 0 Å². The number of imidazole rings is 1. The average molecular weight is 477 g/mol. The van der Waals surface area contributed by atoms with E-state index in [9.17, 15) is 13.2 Å². The highest BCUT2D eigenvalue weighted by molar-refractivity contribution is 7.89. The van der Waals surface area contributed by atoms with Crippen LogP contribution in [0, 0.1) is 17.8 Å². The van der Waals surface area contributed by atoms with Crippen LogP contribution in [-0.4, -0.2) is 47.3 Å². The summed E-state index contributed by atoms with van der Waals surface area (Å²) in [5.74, 6) is 2.59. The minimum Gasteiger partial charge on any atom is -0.353 e. The van der Waals surface area contributed by atoms with Gasteiger partial charge in [-0.1, -0.05) is 41.0 Å². The summed E-state index contributed by atoms with van der Waals surface area (Å²) in [6.45, 7) is 11.3. The molecule has 1 fully saturated rings. The molecule has 3 unspecified atom stereocenters. The van der Waals surface area contributed by atoms with Gasteiger partial charge in [0, 0.05) is 39.0 Å². The molecule has 2 aromatic rings. The average Bonchev–Trinajstić information content (AvgIpc) is 3.07. The van der Waals surface area contributed by atoms with E-state index in [2.05, 4.69) is 31.1 Å². The minimum atomic E-state index is -3.54. The molecule has 0 spiro atoms. The Morgan fingerprint density at radius 1 is 1.24 bits per heavy atom. The van der Waals surface area contributed by atoms with E-state index in [4.69, 9.17) is 0 Å². The largest absolute Gasteiger partial charge is 0.353 e. The Morgan fingerprint density at radius 2 is 1.94 bits per heavy atom. The number of aromatic nitrogens is 2. The van der Waals surface area contributed by atoms with Crippen molar-refractivity contribution in [3.8, 4) is 0 Å². The van der Waals surface area contributed by atoms with Gasteiger partial charge in [-0.2, -0.15) is 4.31 Å². The van der Waals surface area contributed by atoms with Crippen LogP contribution in [0.25, 0.3) is 11.0 Å². The number of sulfonamides is 1. The first-order valence-electron chi connectivity index (χ1n) is 12.3. The van der Waals surface area contributed by atoms with Gasteiger partial charge in [0.1, 0.15) is 5.82 Å². The lowest BCUT2D eigenvalue weighted by Crippen LogP contribution is -2.45. The zero-order valence-corrected chi connectivity index (χ0v) is 21.8. The summed E-state index contributed by atoms with van der Waals surface area (Å²) in [4.78, 5) is 17.7. The quantitative estimate of drug-likeness (QED) is 0.590. The van der Waals surface area contributed by atoms with Crippen LogP contribution in [0.4, 0.5) is 0 Å². The van der Waals surface area contributed by atoms with Crippen LogP contribution in [0.2, 0.25) is 0 Å². The van der Waals surface area contributed by atoms with Gasteiger partial charge in [-0.15, -0.1) is 0 Å². The summed E-state index contributed by atoms with van der Waals surface area (Å²) < 4.78 is 29.1. The maximum atomic E-state index is 12.9. The smallest absolute Gasteiger partial charge is 0.243 e. The number of nitrogens with zero attached hydrogens (tertiary/aromatic N) is 3. The van der Waals surface area contributed by atoms with Gasteiger partial charge in [0.25, 0.3) is 0 Å². The fraction of sp³-hybridized carbons (Fsp3) is 0.680. The molecule has 0 saturated heterocycles. The van der Waals surface area contributed by atoms with Gasteiger partial charge >= 0.3 is 0 Å². The summed E-state index contributed by atoms with van der Waals surface area (Å²) in [5.41, 5.74) is 1.51. The molecule has 1 aliphatic rings. The van der Waals surface area contributed by atoms with E-state index in [0.29, 0.717) is 49.2 Å². The summed E-state index contributed by atoms with van der Waals surface area (Å²) in [6, 6.07) is 5.33. The molecule has 3 atom stereocenters. The molecule has 3 rings (SSSR count). The molecule has 8 heteroatoms. The Morgan fingerprint density at radius 3 is 2.58 bits per heavy atom. The summed E-state index contributed by atoms with van der Waals surface area (Å²) >= 11 is 0. The lowest BCUT2D eigenvalue weighted by molar-refractivity contribution is -0.122. The van der Waals surface area contributed by atoms with E-state index in [0.717, 1.165) is 17.8 Å². The second-order valence-electron chi connectivity index (χ2n) is 9.83. The van der Waals surface area contributed by atoms with E-state index in [1.165, 1.54) is 17.1 Å². The van der Waals surface area contributed by atoms with Crippen LogP contribution in [0.15, 0.2) is 23.1 Å². The summed E-state index contributed by atoms with van der Waals surface area (Å²) in [7, 11) is -1.62. The van der Waals surface area contributed by atoms with Gasteiger partial charge < -0.3 is 9.88 Å². The van der Waals surface area contributed by atoms with E-state index >= 15 is 0 Å². The standard InChI is InChI=1S/C25H40N4O3S/c1-7-29(8-2)33(31,32)19-10-12-23-22(16-19)26-24(28(23)6)13-14-25(30)27-21-15-18(5)9-11-20(21)17(3)4/h10,12,16-18,20-21H,7-9,11,13-15H2,1-6H3,(H,27,30). The fourth-order valence-electron chi connectivity index (χ4n) is 5.20. The Bertz CT molecular complexity index is 1070. The first-order chi connectivity index (χ1) is 15.6. The number of benzene rings is 1. The van der Waals surface area contributed by atoms with Crippen molar-refractivity contribution >= 4 is 27.0 Å². The predicted molar refractivity (Wildman–Crippen MR) is 132 cm³/mol. The van der Waals surface area contributed by atoms with Crippen molar-refractivity contribution in [2.45, 2.75) is 77.7 Å². The topological polar surface area (TPSA) is 84.3 Å². The molecule has 0 aliphatic heterocycles. The monoisotopic (exact) mass is 476 g/mol. The Hall–Kier alpha value is -1.93. The molecule has 0 radical (unpaired) electrons. The summed E-state index contributed by atoms with van der Waals surface area (Å²) in [6.07, 6.45) is 4.35. The van der Waals surface area contributed by atoms with Crippen LogP contribution in [0.3, 0.4) is 0 Å². The third-order valence-electron chi connectivity index (χ3n) is 7.23. The van der Waals surface area contributed by atoms with Gasteiger partial charge in [-0.3, -0.25) is 4.79 Å². The molecule has 33 heavy (non-hydrogen) atoms. The molecular formula is C25H40N4O3S. The van der Waals surface area contributed by atoms with Crippen LogP contribution >= 0.6 is 0 Å². The maximum absolute atomic E-state index is 12.9. The predicted octanol–water partition coefficient (Wildman–Crippen LogP) is 4.11. The number of carbonyl (C=O) groups is 1. The van der Waals surface area contributed by atoms with Gasteiger partial charge in [0.2, 0.25) is 15.9 Å².